The van der Waals surface area contributed by atoms with Gasteiger partial charge in [-0.05, 0) is 25.8 Å². The first-order valence-corrected chi connectivity index (χ1v) is 8.88. The van der Waals surface area contributed by atoms with Crippen LogP contribution >= 0.6 is 0 Å². The Morgan fingerprint density at radius 2 is 2.04 bits per heavy atom. The van der Waals surface area contributed by atoms with Gasteiger partial charge in [0.15, 0.2) is 5.96 Å². The van der Waals surface area contributed by atoms with Crippen molar-refractivity contribution in [1.82, 2.24) is 20.7 Å². The zero-order chi connectivity index (χ0) is 16.7. The summed E-state index contributed by atoms with van der Waals surface area (Å²) < 4.78 is 5.41. The number of nitrogens with one attached hydrogen (secondary N) is 2. The fourth-order valence-electron chi connectivity index (χ4n) is 2.89. The molecule has 1 aliphatic rings. The van der Waals surface area contributed by atoms with Gasteiger partial charge >= 0.3 is 0 Å². The van der Waals surface area contributed by atoms with Crippen molar-refractivity contribution >= 4 is 5.96 Å². The fourth-order valence-corrected chi connectivity index (χ4v) is 2.89. The molecule has 0 spiro atoms. The van der Waals surface area contributed by atoms with Crippen molar-refractivity contribution in [2.45, 2.75) is 59.0 Å². The standard InChI is InChI=1S/C17H31N5O/c1-5-15-14(16(6-2)23-21-15)12-20-17(18-4)19-10-11-22(7-3)13-8-9-13/h13H,5-12H2,1-4H3,(H2,18,19,20). The van der Waals surface area contributed by atoms with E-state index in [0.717, 1.165) is 55.9 Å². The largest absolute Gasteiger partial charge is 0.361 e. The third-order valence-corrected chi connectivity index (χ3v) is 4.42. The maximum Gasteiger partial charge on any atom is 0.191 e. The van der Waals surface area contributed by atoms with E-state index in [0.29, 0.717) is 6.54 Å². The van der Waals surface area contributed by atoms with Crippen molar-refractivity contribution in [2.24, 2.45) is 4.99 Å². The summed E-state index contributed by atoms with van der Waals surface area (Å²) in [6.45, 7) is 10.2. The van der Waals surface area contributed by atoms with Gasteiger partial charge in [-0.25, -0.2) is 0 Å². The molecule has 130 valence electrons. The molecule has 1 aliphatic carbocycles. The molecule has 0 aromatic carbocycles. The summed E-state index contributed by atoms with van der Waals surface area (Å²) in [5.74, 6) is 1.80. The second-order valence-electron chi connectivity index (χ2n) is 5.95. The lowest BCUT2D eigenvalue weighted by atomic mass is 10.1. The molecule has 0 aliphatic heterocycles. The summed E-state index contributed by atoms with van der Waals surface area (Å²) >= 11 is 0. The molecule has 2 N–H and O–H groups in total. The second-order valence-corrected chi connectivity index (χ2v) is 5.95. The maximum atomic E-state index is 5.41. The van der Waals surface area contributed by atoms with Crippen LogP contribution in [0, 0.1) is 0 Å². The lowest BCUT2D eigenvalue weighted by Gasteiger charge is -2.20. The summed E-state index contributed by atoms with van der Waals surface area (Å²) in [4.78, 5) is 6.84. The molecular weight excluding hydrogens is 290 g/mol. The average molecular weight is 321 g/mol. The smallest absolute Gasteiger partial charge is 0.191 e. The van der Waals surface area contributed by atoms with Crippen molar-refractivity contribution in [2.75, 3.05) is 26.7 Å². The average Bonchev–Trinajstić information content (AvgIpc) is 3.34. The highest BCUT2D eigenvalue weighted by atomic mass is 16.5. The molecule has 1 saturated carbocycles. The van der Waals surface area contributed by atoms with Crippen LogP contribution in [0.15, 0.2) is 9.52 Å². The van der Waals surface area contributed by atoms with Gasteiger partial charge in [0.25, 0.3) is 0 Å². The molecule has 1 aromatic heterocycles. The number of aromatic nitrogens is 1. The third-order valence-electron chi connectivity index (χ3n) is 4.42. The number of guanidine groups is 1. The van der Waals surface area contributed by atoms with Crippen LogP contribution in [-0.4, -0.2) is 48.7 Å². The van der Waals surface area contributed by atoms with E-state index in [9.17, 15) is 0 Å². The van der Waals surface area contributed by atoms with Gasteiger partial charge in [0.1, 0.15) is 5.76 Å². The predicted molar refractivity (Wildman–Crippen MR) is 93.7 cm³/mol. The number of hydrogen-bond donors (Lipinski definition) is 2. The zero-order valence-corrected chi connectivity index (χ0v) is 15.0. The number of rotatable bonds is 9. The maximum absolute atomic E-state index is 5.41. The third kappa shape index (κ3) is 4.96. The van der Waals surface area contributed by atoms with Gasteiger partial charge in [0.05, 0.1) is 5.69 Å². The molecule has 1 heterocycles. The van der Waals surface area contributed by atoms with Crippen molar-refractivity contribution in [3.63, 3.8) is 0 Å². The minimum absolute atomic E-state index is 0.704. The molecule has 0 bridgehead atoms. The first kappa shape index (κ1) is 17.8. The lowest BCUT2D eigenvalue weighted by molar-refractivity contribution is 0.282. The van der Waals surface area contributed by atoms with Crippen molar-refractivity contribution in [1.29, 1.82) is 0 Å². The summed E-state index contributed by atoms with van der Waals surface area (Å²) in [5, 5.41) is 10.9. The van der Waals surface area contributed by atoms with Gasteiger partial charge in [0.2, 0.25) is 0 Å². The minimum atomic E-state index is 0.704. The second kappa shape index (κ2) is 8.91. The molecule has 0 unspecified atom stereocenters. The Morgan fingerprint density at radius 3 is 2.61 bits per heavy atom. The highest BCUT2D eigenvalue weighted by molar-refractivity contribution is 5.79. The van der Waals surface area contributed by atoms with Gasteiger partial charge in [-0.3, -0.25) is 9.89 Å². The van der Waals surface area contributed by atoms with Crippen molar-refractivity contribution in [3.05, 3.63) is 17.0 Å². The van der Waals surface area contributed by atoms with E-state index >= 15 is 0 Å². The Balaban J connectivity index is 1.79. The van der Waals surface area contributed by atoms with Crippen molar-refractivity contribution in [3.8, 4) is 0 Å². The molecule has 1 aromatic rings. The Labute approximate surface area is 139 Å². The number of aliphatic imine (C=N–C) groups is 1. The van der Waals surface area contributed by atoms with E-state index in [1.165, 1.54) is 18.4 Å². The number of likely N-dealkylation sites (N-methyl/N-ethyl adjacent to an activating group) is 1. The summed E-state index contributed by atoms with van der Waals surface area (Å²) in [6.07, 6.45) is 4.46. The quantitative estimate of drug-likeness (QED) is 0.537. The minimum Gasteiger partial charge on any atom is -0.361 e. The number of aryl methyl sites for hydroxylation is 2. The summed E-state index contributed by atoms with van der Waals surface area (Å²) in [6, 6.07) is 0.813. The van der Waals surface area contributed by atoms with Crippen LogP contribution < -0.4 is 10.6 Å². The fraction of sp³-hybridized carbons (Fsp3) is 0.765. The molecule has 0 amide bonds. The van der Waals surface area contributed by atoms with E-state index < -0.39 is 0 Å². The molecule has 23 heavy (non-hydrogen) atoms. The molecule has 0 saturated heterocycles. The van der Waals surface area contributed by atoms with E-state index in [4.69, 9.17) is 4.52 Å². The highest BCUT2D eigenvalue weighted by Crippen LogP contribution is 2.25. The topological polar surface area (TPSA) is 65.7 Å². The van der Waals surface area contributed by atoms with Crippen molar-refractivity contribution < 1.29 is 4.52 Å². The molecule has 0 radical (unpaired) electrons. The first-order chi connectivity index (χ1) is 11.2. The van der Waals surface area contributed by atoms with E-state index in [-0.39, 0.29) is 0 Å². The van der Waals surface area contributed by atoms with Crippen LogP contribution in [0.1, 0.15) is 50.6 Å². The van der Waals surface area contributed by atoms with E-state index in [1.54, 1.807) is 0 Å². The van der Waals surface area contributed by atoms with Crippen LogP contribution in [-0.2, 0) is 19.4 Å². The van der Waals surface area contributed by atoms with Crippen LogP contribution in [0.3, 0.4) is 0 Å². The monoisotopic (exact) mass is 321 g/mol. The Bertz CT molecular complexity index is 486. The molecule has 1 fully saturated rings. The Hall–Kier alpha value is -1.56. The Morgan fingerprint density at radius 1 is 1.26 bits per heavy atom. The van der Waals surface area contributed by atoms with Gasteiger partial charge in [-0.1, -0.05) is 25.9 Å². The molecule has 6 heteroatoms. The van der Waals surface area contributed by atoms with Crippen LogP contribution in [0.4, 0.5) is 0 Å². The van der Waals surface area contributed by atoms with Gasteiger partial charge in [0, 0.05) is 44.7 Å². The number of hydrogen-bond acceptors (Lipinski definition) is 4. The van der Waals surface area contributed by atoms with Crippen LogP contribution in [0.25, 0.3) is 0 Å². The molecular formula is C17H31N5O. The van der Waals surface area contributed by atoms with Gasteiger partial charge in [-0.2, -0.15) is 0 Å². The Kier molecular flexibility index (Phi) is 6.89. The van der Waals surface area contributed by atoms with E-state index in [2.05, 4.69) is 46.5 Å². The first-order valence-electron chi connectivity index (χ1n) is 8.88. The number of nitrogens with zero attached hydrogens (tertiary/aromatic N) is 3. The predicted octanol–water partition coefficient (Wildman–Crippen LogP) is 1.95. The highest BCUT2D eigenvalue weighted by Gasteiger charge is 2.27. The van der Waals surface area contributed by atoms with Crippen LogP contribution in [0.2, 0.25) is 0 Å². The normalized spacial score (nSPS) is 15.3. The summed E-state index contributed by atoms with van der Waals surface area (Å²) in [7, 11) is 1.81. The molecule has 2 rings (SSSR count). The molecule has 6 nitrogen and oxygen atoms in total. The van der Waals surface area contributed by atoms with Gasteiger partial charge in [-0.15, -0.1) is 0 Å². The van der Waals surface area contributed by atoms with Gasteiger partial charge < -0.3 is 15.2 Å². The van der Waals surface area contributed by atoms with Crippen LogP contribution in [0.5, 0.6) is 0 Å². The molecule has 0 atom stereocenters. The zero-order valence-electron chi connectivity index (χ0n) is 15.0. The summed E-state index contributed by atoms with van der Waals surface area (Å²) in [5.41, 5.74) is 2.21. The lowest BCUT2D eigenvalue weighted by Crippen LogP contribution is -2.41. The SMILES string of the molecule is CCc1noc(CC)c1CNC(=NC)NCCN(CC)C1CC1. The van der Waals surface area contributed by atoms with E-state index in [1.807, 2.05) is 7.05 Å².